The molecule has 0 unspecified atom stereocenters. The van der Waals surface area contributed by atoms with Crippen LogP contribution in [0.2, 0.25) is 0 Å². The standard InChI is InChI=1S/C27H30N6O2/c1-2-17-6-8-19(9-7-17)32-26-22-14-15-33(27(22)30-16-29-26)23-5-3-4-21(25(28)35)24(23)31-18-10-12-20(34)13-11-18/h3-9,14-16,18,20,31,34H,2,10-13H2,1H3,(H2,28,35)(H,29,30,32). The van der Waals surface area contributed by atoms with Crippen molar-refractivity contribution in [3.05, 3.63) is 72.2 Å². The van der Waals surface area contributed by atoms with Gasteiger partial charge in [0.25, 0.3) is 5.91 Å². The van der Waals surface area contributed by atoms with Crippen molar-refractivity contribution in [1.29, 1.82) is 0 Å². The number of nitrogens with one attached hydrogen (secondary N) is 2. The zero-order valence-corrected chi connectivity index (χ0v) is 19.7. The van der Waals surface area contributed by atoms with Crippen molar-refractivity contribution in [1.82, 2.24) is 14.5 Å². The molecule has 180 valence electrons. The second-order valence-corrected chi connectivity index (χ2v) is 9.03. The highest BCUT2D eigenvalue weighted by Crippen LogP contribution is 2.33. The van der Waals surface area contributed by atoms with Crippen LogP contribution in [0.3, 0.4) is 0 Å². The van der Waals surface area contributed by atoms with Crippen LogP contribution in [0.25, 0.3) is 16.7 Å². The van der Waals surface area contributed by atoms with E-state index >= 15 is 0 Å². The van der Waals surface area contributed by atoms with Gasteiger partial charge in [0.2, 0.25) is 0 Å². The Bertz CT molecular complexity index is 1340. The predicted octanol–water partition coefficient (Wildman–Crippen LogP) is 4.54. The molecule has 1 amide bonds. The Morgan fingerprint density at radius 1 is 1.09 bits per heavy atom. The molecule has 0 spiro atoms. The Labute approximate surface area is 204 Å². The summed E-state index contributed by atoms with van der Waals surface area (Å²) in [7, 11) is 0. The third-order valence-corrected chi connectivity index (χ3v) is 6.72. The number of carbonyl (C=O) groups is 1. The average Bonchev–Trinajstić information content (AvgIpc) is 3.31. The van der Waals surface area contributed by atoms with Gasteiger partial charge in [-0.05, 0) is 68.0 Å². The SMILES string of the molecule is CCc1ccc(Nc2ncnc3c2ccn3-c2cccc(C(N)=O)c2NC2CCC(O)CC2)cc1. The van der Waals surface area contributed by atoms with E-state index in [-0.39, 0.29) is 12.1 Å². The summed E-state index contributed by atoms with van der Waals surface area (Å²) in [6.45, 7) is 2.13. The maximum Gasteiger partial charge on any atom is 0.250 e. The van der Waals surface area contributed by atoms with Crippen LogP contribution in [0.4, 0.5) is 17.2 Å². The van der Waals surface area contributed by atoms with E-state index in [1.54, 1.807) is 6.07 Å². The third kappa shape index (κ3) is 4.70. The maximum absolute atomic E-state index is 12.3. The van der Waals surface area contributed by atoms with E-state index in [4.69, 9.17) is 5.73 Å². The molecule has 2 aromatic heterocycles. The number of carbonyl (C=O) groups excluding carboxylic acids is 1. The summed E-state index contributed by atoms with van der Waals surface area (Å²) >= 11 is 0. The van der Waals surface area contributed by atoms with Gasteiger partial charge < -0.3 is 21.5 Å². The summed E-state index contributed by atoms with van der Waals surface area (Å²) in [6, 6.07) is 15.9. The highest BCUT2D eigenvalue weighted by atomic mass is 16.3. The zero-order chi connectivity index (χ0) is 24.4. The highest BCUT2D eigenvalue weighted by molar-refractivity contribution is 6.01. The summed E-state index contributed by atoms with van der Waals surface area (Å²) in [5.41, 5.74) is 10.6. The fraction of sp³-hybridized carbons (Fsp3) is 0.296. The van der Waals surface area contributed by atoms with Gasteiger partial charge >= 0.3 is 0 Å². The molecule has 35 heavy (non-hydrogen) atoms. The molecule has 5 N–H and O–H groups in total. The fourth-order valence-electron chi connectivity index (χ4n) is 4.73. The van der Waals surface area contributed by atoms with Crippen LogP contribution in [0.15, 0.2) is 61.1 Å². The molecule has 0 bridgehead atoms. The van der Waals surface area contributed by atoms with E-state index in [1.807, 2.05) is 41.1 Å². The topological polar surface area (TPSA) is 118 Å². The molecule has 2 aromatic carbocycles. The third-order valence-electron chi connectivity index (χ3n) is 6.72. The molecule has 8 nitrogen and oxygen atoms in total. The molecule has 0 saturated heterocycles. The largest absolute Gasteiger partial charge is 0.393 e. The Kier molecular flexibility index (Phi) is 6.37. The van der Waals surface area contributed by atoms with Gasteiger partial charge in [0.15, 0.2) is 0 Å². The molecule has 0 atom stereocenters. The molecule has 8 heteroatoms. The number of amides is 1. The Morgan fingerprint density at radius 2 is 1.86 bits per heavy atom. The molecule has 1 aliphatic rings. The van der Waals surface area contributed by atoms with Crippen LogP contribution >= 0.6 is 0 Å². The molecule has 1 aliphatic carbocycles. The molecule has 0 aliphatic heterocycles. The lowest BCUT2D eigenvalue weighted by Crippen LogP contribution is -2.30. The number of aliphatic hydroxyl groups is 1. The average molecular weight is 471 g/mol. The predicted molar refractivity (Wildman–Crippen MR) is 138 cm³/mol. The Hall–Kier alpha value is -3.91. The molecule has 1 fully saturated rings. The lowest BCUT2D eigenvalue weighted by molar-refractivity contribution is 0.100. The normalized spacial score (nSPS) is 17.9. The summed E-state index contributed by atoms with van der Waals surface area (Å²) in [5, 5.41) is 17.7. The highest BCUT2D eigenvalue weighted by Gasteiger charge is 2.23. The van der Waals surface area contributed by atoms with Gasteiger partial charge in [-0.2, -0.15) is 0 Å². The molecular formula is C27H30N6O2. The molecular weight excluding hydrogens is 440 g/mol. The van der Waals surface area contributed by atoms with Crippen molar-refractivity contribution < 1.29 is 9.90 Å². The summed E-state index contributed by atoms with van der Waals surface area (Å²) in [6.07, 6.45) is 7.33. The summed E-state index contributed by atoms with van der Waals surface area (Å²) in [5.74, 6) is 0.217. The van der Waals surface area contributed by atoms with Crippen molar-refractivity contribution in [2.24, 2.45) is 5.73 Å². The number of primary amides is 1. The van der Waals surface area contributed by atoms with Crippen molar-refractivity contribution >= 4 is 34.1 Å². The quantitative estimate of drug-likeness (QED) is 0.315. The fourth-order valence-corrected chi connectivity index (χ4v) is 4.73. The van der Waals surface area contributed by atoms with Crippen molar-refractivity contribution in [2.75, 3.05) is 10.6 Å². The number of aryl methyl sites for hydroxylation is 1. The van der Waals surface area contributed by atoms with Crippen LogP contribution < -0.4 is 16.4 Å². The van der Waals surface area contributed by atoms with Gasteiger partial charge in [-0.3, -0.25) is 9.36 Å². The first-order valence-electron chi connectivity index (χ1n) is 12.1. The number of aromatic nitrogens is 3. The minimum Gasteiger partial charge on any atom is -0.393 e. The second kappa shape index (κ2) is 9.76. The van der Waals surface area contributed by atoms with E-state index in [0.717, 1.165) is 54.5 Å². The van der Waals surface area contributed by atoms with Crippen molar-refractivity contribution in [3.63, 3.8) is 0 Å². The van der Waals surface area contributed by atoms with Gasteiger partial charge in [0.1, 0.15) is 17.8 Å². The summed E-state index contributed by atoms with van der Waals surface area (Å²) < 4.78 is 1.95. The van der Waals surface area contributed by atoms with Crippen molar-refractivity contribution in [2.45, 2.75) is 51.2 Å². The number of nitrogens with two attached hydrogens (primary N) is 1. The number of nitrogens with zero attached hydrogens (tertiary/aromatic N) is 3. The van der Waals surface area contributed by atoms with Gasteiger partial charge in [-0.1, -0.05) is 25.1 Å². The van der Waals surface area contributed by atoms with Gasteiger partial charge in [-0.15, -0.1) is 0 Å². The van der Waals surface area contributed by atoms with Gasteiger partial charge in [0.05, 0.1) is 28.4 Å². The lowest BCUT2D eigenvalue weighted by atomic mass is 9.92. The van der Waals surface area contributed by atoms with Gasteiger partial charge in [0, 0.05) is 17.9 Å². The first kappa shape index (κ1) is 22.9. The minimum absolute atomic E-state index is 0.150. The van der Waals surface area contributed by atoms with Gasteiger partial charge in [-0.25, -0.2) is 9.97 Å². The molecule has 0 radical (unpaired) electrons. The number of para-hydroxylation sites is 1. The number of hydrogen-bond donors (Lipinski definition) is 4. The number of aliphatic hydroxyl groups excluding tert-OH is 1. The Balaban J connectivity index is 1.53. The number of benzene rings is 2. The molecule has 5 rings (SSSR count). The van der Waals surface area contributed by atoms with Crippen LogP contribution in [0, 0.1) is 0 Å². The first-order chi connectivity index (χ1) is 17.0. The van der Waals surface area contributed by atoms with E-state index in [2.05, 4.69) is 39.7 Å². The van der Waals surface area contributed by atoms with E-state index in [9.17, 15) is 9.90 Å². The zero-order valence-electron chi connectivity index (χ0n) is 19.7. The lowest BCUT2D eigenvalue weighted by Gasteiger charge is -2.28. The smallest absolute Gasteiger partial charge is 0.250 e. The first-order valence-corrected chi connectivity index (χ1v) is 12.1. The Morgan fingerprint density at radius 3 is 2.57 bits per heavy atom. The van der Waals surface area contributed by atoms with E-state index in [0.29, 0.717) is 17.1 Å². The molecule has 2 heterocycles. The van der Waals surface area contributed by atoms with Crippen LogP contribution in [0.5, 0.6) is 0 Å². The summed E-state index contributed by atoms with van der Waals surface area (Å²) in [4.78, 5) is 21.3. The van der Waals surface area contributed by atoms with Crippen LogP contribution in [0.1, 0.15) is 48.5 Å². The number of hydrogen-bond acceptors (Lipinski definition) is 6. The number of fused-ring (bicyclic) bond motifs is 1. The minimum atomic E-state index is -0.492. The van der Waals surface area contributed by atoms with Crippen LogP contribution in [-0.2, 0) is 6.42 Å². The number of anilines is 3. The molecule has 4 aromatic rings. The second-order valence-electron chi connectivity index (χ2n) is 9.03. The molecule has 1 saturated carbocycles. The van der Waals surface area contributed by atoms with E-state index < -0.39 is 5.91 Å². The van der Waals surface area contributed by atoms with Crippen molar-refractivity contribution in [3.8, 4) is 5.69 Å². The van der Waals surface area contributed by atoms with Crippen LogP contribution in [-0.4, -0.2) is 37.7 Å². The van der Waals surface area contributed by atoms with E-state index in [1.165, 1.54) is 11.9 Å². The number of rotatable bonds is 7. The monoisotopic (exact) mass is 470 g/mol. The maximum atomic E-state index is 12.3.